The van der Waals surface area contributed by atoms with Crippen molar-refractivity contribution in [1.29, 1.82) is 0 Å². The molecule has 4 aliphatic rings. The third-order valence-corrected chi connectivity index (χ3v) is 10.7. The molecule has 1 amide bonds. The van der Waals surface area contributed by atoms with Gasteiger partial charge in [0.15, 0.2) is 0 Å². The van der Waals surface area contributed by atoms with E-state index in [1.807, 2.05) is 9.80 Å². The molecule has 0 aromatic carbocycles. The van der Waals surface area contributed by atoms with Crippen molar-refractivity contribution in [2.75, 3.05) is 51.4 Å². The fraction of sp³-hybridized carbons (Fsp3) is 0.844. The predicted molar refractivity (Wildman–Crippen MR) is 162 cm³/mol. The van der Waals surface area contributed by atoms with E-state index in [2.05, 4.69) is 47.9 Å². The number of amides is 1. The van der Waals surface area contributed by atoms with E-state index in [1.165, 1.54) is 0 Å². The fourth-order valence-electron chi connectivity index (χ4n) is 8.17. The maximum absolute atomic E-state index is 14.5. The third-order valence-electron chi connectivity index (χ3n) is 10.7. The van der Waals surface area contributed by atoms with Crippen LogP contribution < -0.4 is 10.2 Å². The average molecular weight is 625 g/mol. The Morgan fingerprint density at radius 2 is 1.98 bits per heavy atom. The lowest BCUT2D eigenvalue weighted by molar-refractivity contribution is -0.146. The number of piperazine rings is 1. The summed E-state index contributed by atoms with van der Waals surface area (Å²) in [6.45, 7) is 13.0. The normalized spacial score (nSPS) is 30.8. The number of fused-ring (bicyclic) bond motifs is 2. The van der Waals surface area contributed by atoms with E-state index >= 15 is 0 Å². The summed E-state index contributed by atoms with van der Waals surface area (Å²) in [5.41, 5.74) is -1.39. The van der Waals surface area contributed by atoms with Crippen molar-refractivity contribution in [3.05, 3.63) is 18.1 Å². The maximum Gasteiger partial charge on any atom is 0.433 e. The van der Waals surface area contributed by atoms with E-state index in [-0.39, 0.29) is 41.9 Å². The SMILES string of the molecule is CO[C@@H]1COCC[C@@H]1N(CCCCNC(C)C)[C@@H]1CC[C@@](C(=O)N2C[C@@H]3C[C@H]2CN3c2cc(C(F)(F)F)ncn2)(C(C)C)C1. The van der Waals surface area contributed by atoms with Crippen LogP contribution in [-0.4, -0.2) is 108 Å². The quantitative estimate of drug-likeness (QED) is 0.344. The van der Waals surface area contributed by atoms with Gasteiger partial charge in [0.1, 0.15) is 17.8 Å². The van der Waals surface area contributed by atoms with Crippen LogP contribution in [0.4, 0.5) is 19.0 Å². The number of nitrogens with zero attached hydrogens (tertiary/aromatic N) is 5. The molecule has 12 heteroatoms. The molecule has 1 aromatic rings. The van der Waals surface area contributed by atoms with Gasteiger partial charge in [-0.3, -0.25) is 9.69 Å². The molecule has 3 saturated heterocycles. The molecule has 0 unspecified atom stereocenters. The Morgan fingerprint density at radius 3 is 2.64 bits per heavy atom. The molecular weight excluding hydrogens is 573 g/mol. The Bertz CT molecular complexity index is 1120. The molecule has 1 aliphatic carbocycles. The summed E-state index contributed by atoms with van der Waals surface area (Å²) >= 11 is 0. The van der Waals surface area contributed by atoms with Gasteiger partial charge in [-0.05, 0) is 64.0 Å². The molecule has 3 aliphatic heterocycles. The van der Waals surface area contributed by atoms with Crippen LogP contribution in [0.1, 0.15) is 78.3 Å². The van der Waals surface area contributed by atoms with E-state index in [1.54, 1.807) is 7.11 Å². The highest BCUT2D eigenvalue weighted by molar-refractivity contribution is 5.84. The average Bonchev–Trinajstić information content (AvgIpc) is 3.74. The minimum atomic E-state index is -4.52. The lowest BCUT2D eigenvalue weighted by atomic mass is 9.74. The van der Waals surface area contributed by atoms with E-state index < -0.39 is 17.3 Å². The molecule has 1 aromatic heterocycles. The molecule has 4 heterocycles. The lowest BCUT2D eigenvalue weighted by Gasteiger charge is -2.44. The second-order valence-corrected chi connectivity index (χ2v) is 13.9. The summed E-state index contributed by atoms with van der Waals surface area (Å²) in [5, 5.41) is 3.52. The number of likely N-dealkylation sites (tertiary alicyclic amines) is 1. The van der Waals surface area contributed by atoms with Crippen molar-refractivity contribution in [1.82, 2.24) is 25.1 Å². The zero-order chi connectivity index (χ0) is 31.6. The van der Waals surface area contributed by atoms with Crippen LogP contribution in [0, 0.1) is 11.3 Å². The first-order valence-electron chi connectivity index (χ1n) is 16.5. The smallest absolute Gasteiger partial charge is 0.379 e. The lowest BCUT2D eigenvalue weighted by Crippen LogP contribution is -2.56. The van der Waals surface area contributed by atoms with Gasteiger partial charge >= 0.3 is 6.18 Å². The molecule has 248 valence electrons. The van der Waals surface area contributed by atoms with Crippen LogP contribution in [-0.2, 0) is 20.4 Å². The van der Waals surface area contributed by atoms with Gasteiger partial charge in [-0.2, -0.15) is 13.2 Å². The zero-order valence-electron chi connectivity index (χ0n) is 27.0. The highest BCUT2D eigenvalue weighted by atomic mass is 19.4. The fourth-order valence-corrected chi connectivity index (χ4v) is 8.17. The van der Waals surface area contributed by atoms with Crippen LogP contribution >= 0.6 is 0 Å². The van der Waals surface area contributed by atoms with Gasteiger partial charge < -0.3 is 24.6 Å². The molecular formula is C32H51F3N6O3. The van der Waals surface area contributed by atoms with Crippen molar-refractivity contribution >= 4 is 11.7 Å². The number of rotatable bonds is 12. The Morgan fingerprint density at radius 1 is 1.18 bits per heavy atom. The van der Waals surface area contributed by atoms with E-state index in [0.29, 0.717) is 31.8 Å². The van der Waals surface area contributed by atoms with Gasteiger partial charge in [0.05, 0.1) is 30.2 Å². The van der Waals surface area contributed by atoms with Crippen molar-refractivity contribution in [2.45, 2.75) is 115 Å². The molecule has 4 fully saturated rings. The second-order valence-electron chi connectivity index (χ2n) is 13.9. The molecule has 5 rings (SSSR count). The highest BCUT2D eigenvalue weighted by Gasteiger charge is 2.56. The van der Waals surface area contributed by atoms with Crippen molar-refractivity contribution in [3.8, 4) is 0 Å². The summed E-state index contributed by atoms with van der Waals surface area (Å²) in [7, 11) is 1.77. The summed E-state index contributed by atoms with van der Waals surface area (Å²) in [5.74, 6) is 0.684. The van der Waals surface area contributed by atoms with Gasteiger partial charge in [-0.1, -0.05) is 27.7 Å². The van der Waals surface area contributed by atoms with Gasteiger partial charge in [-0.25, -0.2) is 9.97 Å². The second kappa shape index (κ2) is 13.8. The number of aromatic nitrogens is 2. The minimum absolute atomic E-state index is 0.0160. The standard InChI is InChI=1S/C32H51F3N6O3/c1-21(2)31(30(42)41-18-24-14-25(41)17-40(24)29-15-28(32(33,34)35)37-20-38-29)10-8-23(16-31)39(12-7-6-11-36-22(3)4)26-9-13-44-19-27(26)43-5/h15,20-27,36H,6-14,16-19H2,1-5H3/t23-,24+,25+,26+,27-,31+/m1/s1. The third kappa shape index (κ3) is 6.88. The predicted octanol–water partition coefficient (Wildman–Crippen LogP) is 4.36. The van der Waals surface area contributed by atoms with Crippen molar-refractivity contribution in [3.63, 3.8) is 0 Å². The van der Waals surface area contributed by atoms with Crippen LogP contribution in [0.2, 0.25) is 0 Å². The Hall–Kier alpha value is -2.02. The number of hydrogen-bond acceptors (Lipinski definition) is 8. The number of halogens is 3. The summed E-state index contributed by atoms with van der Waals surface area (Å²) in [4.78, 5) is 28.7. The van der Waals surface area contributed by atoms with E-state index in [4.69, 9.17) is 9.47 Å². The molecule has 9 nitrogen and oxygen atoms in total. The van der Waals surface area contributed by atoms with Crippen LogP contribution in [0.25, 0.3) is 0 Å². The maximum atomic E-state index is 14.5. The number of hydrogen-bond donors (Lipinski definition) is 1. The zero-order valence-corrected chi connectivity index (χ0v) is 27.0. The molecule has 2 bridgehead atoms. The first-order valence-corrected chi connectivity index (χ1v) is 16.5. The van der Waals surface area contributed by atoms with Gasteiger partial charge in [-0.15, -0.1) is 0 Å². The molecule has 0 radical (unpaired) electrons. The number of anilines is 1. The van der Waals surface area contributed by atoms with Gasteiger partial charge in [0.25, 0.3) is 0 Å². The number of methoxy groups -OCH3 is 1. The number of carbonyl (C=O) groups is 1. The largest absolute Gasteiger partial charge is 0.433 e. The first-order chi connectivity index (χ1) is 20.9. The number of alkyl halides is 3. The summed E-state index contributed by atoms with van der Waals surface area (Å²) in [6.07, 6.45) is 2.97. The monoisotopic (exact) mass is 624 g/mol. The summed E-state index contributed by atoms with van der Waals surface area (Å²) < 4.78 is 51.6. The van der Waals surface area contributed by atoms with E-state index in [0.717, 1.165) is 77.0 Å². The first kappa shape index (κ1) is 33.3. The Labute approximate surface area is 260 Å². The number of nitrogens with one attached hydrogen (secondary N) is 1. The number of ether oxygens (including phenoxy) is 2. The number of unbranched alkanes of at least 4 members (excludes halogenated alkanes) is 1. The van der Waals surface area contributed by atoms with Gasteiger partial charge in [0, 0.05) is 51.0 Å². The topological polar surface area (TPSA) is 83.1 Å². The van der Waals surface area contributed by atoms with Crippen LogP contribution in [0.15, 0.2) is 12.4 Å². The van der Waals surface area contributed by atoms with Crippen LogP contribution in [0.5, 0.6) is 0 Å². The molecule has 6 atom stereocenters. The molecule has 1 saturated carbocycles. The highest BCUT2D eigenvalue weighted by Crippen LogP contribution is 2.50. The van der Waals surface area contributed by atoms with Crippen molar-refractivity contribution in [2.24, 2.45) is 11.3 Å². The number of carbonyl (C=O) groups excluding carboxylic acids is 1. The van der Waals surface area contributed by atoms with Crippen LogP contribution in [0.3, 0.4) is 0 Å². The van der Waals surface area contributed by atoms with Crippen molar-refractivity contribution < 1.29 is 27.4 Å². The summed E-state index contributed by atoms with van der Waals surface area (Å²) in [6, 6.07) is 1.99. The Balaban J connectivity index is 1.28. The molecule has 0 spiro atoms. The molecule has 1 N–H and O–H groups in total. The van der Waals surface area contributed by atoms with Gasteiger partial charge in [0.2, 0.25) is 5.91 Å². The van der Waals surface area contributed by atoms with E-state index in [9.17, 15) is 18.0 Å². The molecule has 44 heavy (non-hydrogen) atoms. The minimum Gasteiger partial charge on any atom is -0.379 e. The Kier molecular flexibility index (Phi) is 10.4.